The van der Waals surface area contributed by atoms with Gasteiger partial charge >= 0.3 is 12.1 Å². The number of alkyl carbamates (subject to hydrolysis) is 1. The van der Waals surface area contributed by atoms with Crippen LogP contribution < -0.4 is 5.32 Å². The highest BCUT2D eigenvalue weighted by Gasteiger charge is 2.23. The molecule has 1 aromatic carbocycles. The van der Waals surface area contributed by atoms with Crippen LogP contribution in [0.5, 0.6) is 0 Å². The standard InChI is InChI=1S/C15H21NO4/c1-15(2,3)20-14(19)16-12(13(17)18)10-9-11-7-5-4-6-8-11/h4-8,12H,9-10H2,1-3H3,(H,16,19)(H,17,18)/t12-/m0/s1. The summed E-state index contributed by atoms with van der Waals surface area (Å²) < 4.78 is 5.06. The molecule has 5 heteroatoms. The Balaban J connectivity index is 2.53. The predicted molar refractivity (Wildman–Crippen MR) is 75.6 cm³/mol. The molecule has 2 N–H and O–H groups in total. The minimum atomic E-state index is -1.06. The van der Waals surface area contributed by atoms with Gasteiger partial charge in [0.1, 0.15) is 11.6 Å². The van der Waals surface area contributed by atoms with E-state index >= 15 is 0 Å². The molecule has 0 unspecified atom stereocenters. The van der Waals surface area contributed by atoms with Crippen molar-refractivity contribution in [2.45, 2.75) is 45.3 Å². The maximum atomic E-state index is 11.6. The number of aryl methyl sites for hydroxylation is 1. The van der Waals surface area contributed by atoms with E-state index in [1.165, 1.54) is 0 Å². The molecular formula is C15H21NO4. The maximum Gasteiger partial charge on any atom is 0.408 e. The number of nitrogens with one attached hydrogen (secondary N) is 1. The van der Waals surface area contributed by atoms with E-state index in [2.05, 4.69) is 5.32 Å². The van der Waals surface area contributed by atoms with Gasteiger partial charge in [-0.25, -0.2) is 9.59 Å². The van der Waals surface area contributed by atoms with E-state index in [1.54, 1.807) is 20.8 Å². The van der Waals surface area contributed by atoms with Crippen molar-refractivity contribution in [1.82, 2.24) is 5.32 Å². The van der Waals surface area contributed by atoms with Crippen LogP contribution in [0.15, 0.2) is 30.3 Å². The summed E-state index contributed by atoms with van der Waals surface area (Å²) in [4.78, 5) is 22.7. The lowest BCUT2D eigenvalue weighted by Crippen LogP contribution is -2.43. The molecule has 0 saturated carbocycles. The van der Waals surface area contributed by atoms with Gasteiger partial charge in [0.25, 0.3) is 0 Å². The number of aliphatic carboxylic acids is 1. The molecule has 1 rings (SSSR count). The second-order valence-corrected chi connectivity index (χ2v) is 5.56. The van der Waals surface area contributed by atoms with Crippen LogP contribution in [-0.4, -0.2) is 28.8 Å². The molecule has 0 aliphatic carbocycles. The lowest BCUT2D eigenvalue weighted by molar-refractivity contribution is -0.139. The zero-order chi connectivity index (χ0) is 15.2. The highest BCUT2D eigenvalue weighted by atomic mass is 16.6. The third-order valence-electron chi connectivity index (χ3n) is 2.55. The smallest absolute Gasteiger partial charge is 0.408 e. The molecule has 1 amide bonds. The molecule has 0 fully saturated rings. The van der Waals surface area contributed by atoms with Crippen molar-refractivity contribution in [2.24, 2.45) is 0 Å². The largest absolute Gasteiger partial charge is 0.480 e. The van der Waals surface area contributed by atoms with Crippen LogP contribution >= 0.6 is 0 Å². The van der Waals surface area contributed by atoms with Gasteiger partial charge in [-0.05, 0) is 39.2 Å². The van der Waals surface area contributed by atoms with E-state index in [1.807, 2.05) is 30.3 Å². The highest BCUT2D eigenvalue weighted by Crippen LogP contribution is 2.09. The number of ether oxygens (including phenoxy) is 1. The molecule has 0 aliphatic heterocycles. The number of benzene rings is 1. The number of carboxylic acids is 1. The third-order valence-corrected chi connectivity index (χ3v) is 2.55. The van der Waals surface area contributed by atoms with Gasteiger partial charge in [0.15, 0.2) is 0 Å². The van der Waals surface area contributed by atoms with Crippen molar-refractivity contribution >= 4 is 12.1 Å². The Hall–Kier alpha value is -2.04. The molecule has 0 aliphatic rings. The van der Waals surface area contributed by atoms with Gasteiger partial charge in [-0.2, -0.15) is 0 Å². The monoisotopic (exact) mass is 279 g/mol. The van der Waals surface area contributed by atoms with Gasteiger partial charge < -0.3 is 15.2 Å². The predicted octanol–water partition coefficient (Wildman–Crippen LogP) is 2.60. The number of hydrogen-bond acceptors (Lipinski definition) is 3. The Bertz CT molecular complexity index is 451. The summed E-state index contributed by atoms with van der Waals surface area (Å²) in [5, 5.41) is 11.5. The third kappa shape index (κ3) is 6.22. The number of carbonyl (C=O) groups is 2. The molecule has 20 heavy (non-hydrogen) atoms. The minimum Gasteiger partial charge on any atom is -0.480 e. The lowest BCUT2D eigenvalue weighted by atomic mass is 10.1. The molecule has 0 heterocycles. The maximum absolute atomic E-state index is 11.6. The second kappa shape index (κ2) is 6.93. The van der Waals surface area contributed by atoms with Crippen LogP contribution in [0.4, 0.5) is 4.79 Å². The van der Waals surface area contributed by atoms with Crippen molar-refractivity contribution in [1.29, 1.82) is 0 Å². The van der Waals surface area contributed by atoms with Crippen LogP contribution in [0.2, 0.25) is 0 Å². The van der Waals surface area contributed by atoms with Gasteiger partial charge in [-0.1, -0.05) is 30.3 Å². The SMILES string of the molecule is CC(C)(C)OC(=O)N[C@@H](CCc1ccccc1)C(=O)O. The first-order valence-electron chi connectivity index (χ1n) is 6.54. The van der Waals surface area contributed by atoms with Gasteiger partial charge in [0.2, 0.25) is 0 Å². The molecule has 0 radical (unpaired) electrons. The topological polar surface area (TPSA) is 75.6 Å². The molecule has 110 valence electrons. The fourth-order valence-electron chi connectivity index (χ4n) is 1.66. The molecule has 0 saturated heterocycles. The van der Waals surface area contributed by atoms with Crippen molar-refractivity contribution < 1.29 is 19.4 Å². The van der Waals surface area contributed by atoms with Crippen LogP contribution in [0.25, 0.3) is 0 Å². The normalized spacial score (nSPS) is 12.6. The Morgan fingerprint density at radius 2 is 1.85 bits per heavy atom. The summed E-state index contributed by atoms with van der Waals surface area (Å²) in [6.07, 6.45) is 0.185. The van der Waals surface area contributed by atoms with Crippen LogP contribution in [0.3, 0.4) is 0 Å². The van der Waals surface area contributed by atoms with Gasteiger partial charge in [0, 0.05) is 0 Å². The number of carbonyl (C=O) groups excluding carboxylic acids is 1. The fraction of sp³-hybridized carbons (Fsp3) is 0.467. The van der Waals surface area contributed by atoms with Gasteiger partial charge in [-0.3, -0.25) is 0 Å². The quantitative estimate of drug-likeness (QED) is 0.868. The van der Waals surface area contributed by atoms with Gasteiger partial charge in [0.05, 0.1) is 0 Å². The summed E-state index contributed by atoms with van der Waals surface area (Å²) in [6.45, 7) is 5.19. The average molecular weight is 279 g/mol. The van der Waals surface area contributed by atoms with Gasteiger partial charge in [-0.15, -0.1) is 0 Å². The Morgan fingerprint density at radius 3 is 2.35 bits per heavy atom. The lowest BCUT2D eigenvalue weighted by Gasteiger charge is -2.22. The van der Waals surface area contributed by atoms with E-state index in [0.717, 1.165) is 5.56 Å². The molecule has 5 nitrogen and oxygen atoms in total. The van der Waals surface area contributed by atoms with Crippen LogP contribution in [0.1, 0.15) is 32.8 Å². The van der Waals surface area contributed by atoms with E-state index in [0.29, 0.717) is 12.8 Å². The first-order chi connectivity index (χ1) is 9.28. The van der Waals surface area contributed by atoms with Crippen molar-refractivity contribution in [3.05, 3.63) is 35.9 Å². The second-order valence-electron chi connectivity index (χ2n) is 5.56. The molecule has 0 spiro atoms. The number of carboxylic acid groups (broad SMARTS) is 1. The Kier molecular flexibility index (Phi) is 5.55. The summed E-state index contributed by atoms with van der Waals surface area (Å²) in [5.74, 6) is -1.06. The number of rotatable bonds is 5. The van der Waals surface area contributed by atoms with E-state index in [-0.39, 0.29) is 0 Å². The number of amides is 1. The molecular weight excluding hydrogens is 258 g/mol. The average Bonchev–Trinajstić information content (AvgIpc) is 2.33. The number of hydrogen-bond donors (Lipinski definition) is 2. The minimum absolute atomic E-state index is 0.318. The van der Waals surface area contributed by atoms with Crippen LogP contribution in [0, 0.1) is 0 Å². The summed E-state index contributed by atoms with van der Waals surface area (Å²) in [5.41, 5.74) is 0.386. The van der Waals surface area contributed by atoms with E-state index in [9.17, 15) is 9.59 Å². The molecule has 0 aromatic heterocycles. The van der Waals surface area contributed by atoms with Crippen molar-refractivity contribution in [2.75, 3.05) is 0 Å². The van der Waals surface area contributed by atoms with E-state index in [4.69, 9.17) is 9.84 Å². The molecule has 0 bridgehead atoms. The Labute approximate surface area is 118 Å². The summed E-state index contributed by atoms with van der Waals surface area (Å²) >= 11 is 0. The summed E-state index contributed by atoms with van der Waals surface area (Å²) in [7, 11) is 0. The molecule has 1 atom stereocenters. The zero-order valence-electron chi connectivity index (χ0n) is 12.1. The first-order valence-corrected chi connectivity index (χ1v) is 6.54. The zero-order valence-corrected chi connectivity index (χ0v) is 12.1. The molecule has 1 aromatic rings. The fourth-order valence-corrected chi connectivity index (χ4v) is 1.66. The van der Waals surface area contributed by atoms with Crippen LogP contribution in [-0.2, 0) is 16.0 Å². The van der Waals surface area contributed by atoms with Crippen molar-refractivity contribution in [3.8, 4) is 0 Å². The Morgan fingerprint density at radius 1 is 1.25 bits per heavy atom. The highest BCUT2D eigenvalue weighted by molar-refractivity contribution is 5.80. The summed E-state index contributed by atoms with van der Waals surface area (Å²) in [6, 6.07) is 8.58. The van der Waals surface area contributed by atoms with E-state index < -0.39 is 23.7 Å². The van der Waals surface area contributed by atoms with Crippen molar-refractivity contribution in [3.63, 3.8) is 0 Å². The first kappa shape index (κ1) is 16.0.